The molecular weight excluding hydrogens is 156 g/mol. The Balaban J connectivity index is 2.01. The van der Waals surface area contributed by atoms with Crippen LogP contribution in [0.15, 0.2) is 0 Å². The topological polar surface area (TPSA) is 38.0 Å². The van der Waals surface area contributed by atoms with Crippen molar-refractivity contribution in [3.05, 3.63) is 0 Å². The Morgan fingerprint density at radius 3 is 3.09 bits per heavy atom. The third kappa shape index (κ3) is 3.45. The van der Waals surface area contributed by atoms with Crippen LogP contribution >= 0.6 is 11.8 Å². The van der Waals surface area contributed by atoms with Gasteiger partial charge >= 0.3 is 0 Å². The van der Waals surface area contributed by atoms with Crippen molar-refractivity contribution in [2.75, 3.05) is 18.8 Å². The first-order chi connectivity index (χ1) is 5.33. The molecule has 0 aliphatic carbocycles. The van der Waals surface area contributed by atoms with Gasteiger partial charge in [0, 0.05) is 24.4 Å². The van der Waals surface area contributed by atoms with Crippen LogP contribution in [0, 0.1) is 0 Å². The summed E-state index contributed by atoms with van der Waals surface area (Å²) in [6, 6.07) is 0.483. The summed E-state index contributed by atoms with van der Waals surface area (Å²) in [7, 11) is 0. The van der Waals surface area contributed by atoms with E-state index < -0.39 is 0 Å². The van der Waals surface area contributed by atoms with E-state index in [0.717, 1.165) is 18.3 Å². The van der Waals surface area contributed by atoms with E-state index in [4.69, 9.17) is 5.73 Å². The molecule has 1 heterocycles. The highest BCUT2D eigenvalue weighted by molar-refractivity contribution is 8.00. The second kappa shape index (κ2) is 5.01. The molecule has 2 atom stereocenters. The van der Waals surface area contributed by atoms with Crippen LogP contribution in [0.25, 0.3) is 0 Å². The highest BCUT2D eigenvalue weighted by Gasteiger charge is 2.15. The molecule has 0 radical (unpaired) electrons. The molecule has 0 amide bonds. The molecule has 1 aliphatic heterocycles. The molecule has 1 saturated heterocycles. The summed E-state index contributed by atoms with van der Waals surface area (Å²) in [6.45, 7) is 4.03. The van der Waals surface area contributed by atoms with E-state index in [1.54, 1.807) is 0 Å². The fraction of sp³-hybridized carbons (Fsp3) is 1.00. The van der Waals surface area contributed by atoms with Crippen molar-refractivity contribution < 1.29 is 0 Å². The van der Waals surface area contributed by atoms with Crippen molar-refractivity contribution in [1.29, 1.82) is 0 Å². The van der Waals surface area contributed by atoms with E-state index in [2.05, 4.69) is 24.0 Å². The molecule has 0 aromatic carbocycles. The summed E-state index contributed by atoms with van der Waals surface area (Å²) in [5.41, 5.74) is 5.49. The van der Waals surface area contributed by atoms with Gasteiger partial charge in [-0.05, 0) is 25.5 Å². The average Bonchev–Trinajstić information content (AvgIpc) is 2.52. The Morgan fingerprint density at radius 1 is 1.73 bits per heavy atom. The average molecular weight is 174 g/mol. The lowest BCUT2D eigenvalue weighted by molar-refractivity contribution is 0.545. The predicted molar refractivity (Wildman–Crippen MR) is 52.0 cm³/mol. The van der Waals surface area contributed by atoms with Gasteiger partial charge in [0.2, 0.25) is 0 Å². The minimum Gasteiger partial charge on any atom is -0.329 e. The van der Waals surface area contributed by atoms with Gasteiger partial charge in [-0.25, -0.2) is 0 Å². The summed E-state index contributed by atoms with van der Waals surface area (Å²) in [5, 5.41) is 4.28. The molecular formula is C8H18N2S. The van der Waals surface area contributed by atoms with Crippen LogP contribution in [0.1, 0.15) is 19.8 Å². The van der Waals surface area contributed by atoms with Gasteiger partial charge in [0.15, 0.2) is 0 Å². The largest absolute Gasteiger partial charge is 0.329 e. The lowest BCUT2D eigenvalue weighted by atomic mass is 10.2. The predicted octanol–water partition coefficient (Wildman–Crippen LogP) is 0.819. The van der Waals surface area contributed by atoms with Crippen LogP contribution in [0.2, 0.25) is 0 Å². The molecule has 0 saturated carbocycles. The third-order valence-electron chi connectivity index (χ3n) is 2.07. The molecule has 0 aromatic rings. The smallest absolute Gasteiger partial charge is 0.0172 e. The number of hydrogen-bond acceptors (Lipinski definition) is 3. The van der Waals surface area contributed by atoms with Crippen LogP contribution in [-0.2, 0) is 0 Å². The zero-order valence-electron chi connectivity index (χ0n) is 7.18. The summed E-state index contributed by atoms with van der Waals surface area (Å²) < 4.78 is 0. The van der Waals surface area contributed by atoms with Crippen molar-refractivity contribution in [2.24, 2.45) is 5.73 Å². The molecule has 1 rings (SSSR count). The van der Waals surface area contributed by atoms with Gasteiger partial charge in [-0.1, -0.05) is 0 Å². The molecule has 66 valence electrons. The van der Waals surface area contributed by atoms with Crippen LogP contribution in [0.3, 0.4) is 0 Å². The zero-order chi connectivity index (χ0) is 8.10. The molecule has 0 aromatic heterocycles. The van der Waals surface area contributed by atoms with Crippen molar-refractivity contribution in [3.8, 4) is 0 Å². The maximum absolute atomic E-state index is 5.49. The highest BCUT2D eigenvalue weighted by Crippen LogP contribution is 2.25. The van der Waals surface area contributed by atoms with E-state index in [1.165, 1.54) is 18.6 Å². The van der Waals surface area contributed by atoms with Crippen LogP contribution in [0.4, 0.5) is 0 Å². The van der Waals surface area contributed by atoms with Crippen LogP contribution < -0.4 is 11.1 Å². The van der Waals surface area contributed by atoms with Crippen molar-refractivity contribution >= 4 is 11.8 Å². The van der Waals surface area contributed by atoms with E-state index in [0.29, 0.717) is 6.04 Å². The SMILES string of the molecule is C[C@H](CN)NCC1CCCS1. The maximum Gasteiger partial charge on any atom is 0.0172 e. The van der Waals surface area contributed by atoms with E-state index in [1.807, 2.05) is 0 Å². The fourth-order valence-electron chi connectivity index (χ4n) is 1.22. The highest BCUT2D eigenvalue weighted by atomic mass is 32.2. The van der Waals surface area contributed by atoms with Crippen molar-refractivity contribution in [1.82, 2.24) is 5.32 Å². The van der Waals surface area contributed by atoms with E-state index in [-0.39, 0.29) is 0 Å². The molecule has 2 nitrogen and oxygen atoms in total. The quantitative estimate of drug-likeness (QED) is 0.662. The van der Waals surface area contributed by atoms with Gasteiger partial charge in [-0.3, -0.25) is 0 Å². The molecule has 3 N–H and O–H groups in total. The van der Waals surface area contributed by atoms with Gasteiger partial charge in [0.25, 0.3) is 0 Å². The Morgan fingerprint density at radius 2 is 2.55 bits per heavy atom. The van der Waals surface area contributed by atoms with Crippen molar-refractivity contribution in [2.45, 2.75) is 31.1 Å². The summed E-state index contributed by atoms with van der Waals surface area (Å²) in [6.07, 6.45) is 2.78. The van der Waals surface area contributed by atoms with Gasteiger partial charge < -0.3 is 11.1 Å². The second-order valence-corrected chi connectivity index (χ2v) is 4.59. The molecule has 11 heavy (non-hydrogen) atoms. The van der Waals surface area contributed by atoms with E-state index >= 15 is 0 Å². The first-order valence-electron chi connectivity index (χ1n) is 4.38. The summed E-state index contributed by atoms with van der Waals surface area (Å²) in [5.74, 6) is 1.35. The number of rotatable bonds is 4. The Hall–Kier alpha value is 0.270. The fourth-order valence-corrected chi connectivity index (χ4v) is 2.44. The second-order valence-electron chi connectivity index (χ2n) is 3.18. The number of nitrogens with two attached hydrogens (primary N) is 1. The Bertz CT molecular complexity index is 102. The summed E-state index contributed by atoms with van der Waals surface area (Å²) >= 11 is 2.09. The van der Waals surface area contributed by atoms with Crippen molar-refractivity contribution in [3.63, 3.8) is 0 Å². The molecule has 0 spiro atoms. The number of thioether (sulfide) groups is 1. The standard InChI is InChI=1S/C8H18N2S/c1-7(5-9)10-6-8-3-2-4-11-8/h7-8,10H,2-6,9H2,1H3/t7-,8?/m1/s1. The Kier molecular flexibility index (Phi) is 4.26. The lowest BCUT2D eigenvalue weighted by Gasteiger charge is -2.14. The summed E-state index contributed by atoms with van der Waals surface area (Å²) in [4.78, 5) is 0. The van der Waals surface area contributed by atoms with E-state index in [9.17, 15) is 0 Å². The molecule has 1 fully saturated rings. The zero-order valence-corrected chi connectivity index (χ0v) is 7.99. The minimum atomic E-state index is 0.483. The third-order valence-corrected chi connectivity index (χ3v) is 3.47. The first-order valence-corrected chi connectivity index (χ1v) is 5.43. The molecule has 1 unspecified atom stereocenters. The van der Waals surface area contributed by atoms with Crippen LogP contribution in [0.5, 0.6) is 0 Å². The van der Waals surface area contributed by atoms with Crippen LogP contribution in [-0.4, -0.2) is 30.1 Å². The number of nitrogens with one attached hydrogen (secondary N) is 1. The minimum absolute atomic E-state index is 0.483. The lowest BCUT2D eigenvalue weighted by Crippen LogP contribution is -2.36. The molecule has 3 heteroatoms. The molecule has 1 aliphatic rings. The van der Waals surface area contributed by atoms with Gasteiger partial charge in [-0.15, -0.1) is 0 Å². The van der Waals surface area contributed by atoms with Gasteiger partial charge in [0.1, 0.15) is 0 Å². The normalized spacial score (nSPS) is 27.3. The monoisotopic (exact) mass is 174 g/mol. The molecule has 0 bridgehead atoms. The number of hydrogen-bond donors (Lipinski definition) is 2. The first kappa shape index (κ1) is 9.36. The van der Waals surface area contributed by atoms with Gasteiger partial charge in [-0.2, -0.15) is 11.8 Å². The van der Waals surface area contributed by atoms with Gasteiger partial charge in [0.05, 0.1) is 0 Å². The Labute approximate surface area is 73.3 Å². The maximum atomic E-state index is 5.49.